The number of rotatable bonds is 4. The van der Waals surface area contributed by atoms with Gasteiger partial charge in [0.05, 0.1) is 11.2 Å². The van der Waals surface area contributed by atoms with E-state index in [2.05, 4.69) is 156 Å². The van der Waals surface area contributed by atoms with Crippen molar-refractivity contribution in [1.29, 1.82) is 0 Å². The van der Waals surface area contributed by atoms with E-state index in [4.69, 9.17) is 4.98 Å². The maximum absolute atomic E-state index is 5.64. The van der Waals surface area contributed by atoms with Crippen molar-refractivity contribution in [3.05, 3.63) is 199 Å². The Bertz CT molecular complexity index is 3120. The molecule has 0 radical (unpaired) electrons. The van der Waals surface area contributed by atoms with Crippen LogP contribution in [0.25, 0.3) is 87.2 Å². The summed E-state index contributed by atoms with van der Waals surface area (Å²) in [5, 5.41) is 13.3. The van der Waals surface area contributed by atoms with Crippen molar-refractivity contribution in [3.8, 4) is 11.3 Å². The minimum atomic E-state index is 0.167. The molecule has 252 valence electrons. The van der Waals surface area contributed by atoms with Crippen LogP contribution in [-0.2, 0) is 0 Å². The highest BCUT2D eigenvalue weighted by Crippen LogP contribution is 2.48. The SMILES string of the molecule is C1=C(c2cccnc2)CC(c2cccnc2)C=C1c1c2ccccc2c(-c2nc3cc4ccccc4cc3c3c2ccc2ccccc23)c2ccccc12. The van der Waals surface area contributed by atoms with Gasteiger partial charge in [-0.1, -0.05) is 133 Å². The lowest BCUT2D eigenvalue weighted by Gasteiger charge is -2.25. The summed E-state index contributed by atoms with van der Waals surface area (Å²) in [4.78, 5) is 14.7. The second kappa shape index (κ2) is 12.3. The number of benzene rings is 7. The number of hydrogen-bond acceptors (Lipinski definition) is 3. The van der Waals surface area contributed by atoms with Crippen LogP contribution in [0.15, 0.2) is 183 Å². The van der Waals surface area contributed by atoms with Crippen LogP contribution in [-0.4, -0.2) is 15.0 Å². The first-order chi connectivity index (χ1) is 26.8. The summed E-state index contributed by atoms with van der Waals surface area (Å²) in [5.41, 5.74) is 9.25. The number of fused-ring (bicyclic) bond motifs is 8. The molecular weight excluding hydrogens is 655 g/mol. The van der Waals surface area contributed by atoms with Crippen LogP contribution in [0.1, 0.15) is 29.0 Å². The monoisotopic (exact) mass is 687 g/mol. The molecule has 1 aliphatic rings. The normalized spacial score (nSPS) is 14.6. The Morgan fingerprint density at radius 3 is 1.80 bits per heavy atom. The molecule has 11 rings (SSSR count). The first-order valence-corrected chi connectivity index (χ1v) is 18.6. The average molecular weight is 688 g/mol. The van der Waals surface area contributed by atoms with Gasteiger partial charge in [0.25, 0.3) is 0 Å². The van der Waals surface area contributed by atoms with E-state index in [0.717, 1.165) is 34.1 Å². The van der Waals surface area contributed by atoms with Crippen molar-refractivity contribution < 1.29 is 0 Å². The highest BCUT2D eigenvalue weighted by Gasteiger charge is 2.25. The van der Waals surface area contributed by atoms with Crippen LogP contribution in [0, 0.1) is 0 Å². The molecule has 1 atom stereocenters. The van der Waals surface area contributed by atoms with E-state index in [1.807, 2.05) is 36.9 Å². The van der Waals surface area contributed by atoms with Crippen LogP contribution in [0.2, 0.25) is 0 Å². The minimum absolute atomic E-state index is 0.167. The van der Waals surface area contributed by atoms with E-state index in [1.165, 1.54) is 76.1 Å². The first kappa shape index (κ1) is 30.6. The van der Waals surface area contributed by atoms with Crippen LogP contribution in [0.5, 0.6) is 0 Å². The summed E-state index contributed by atoms with van der Waals surface area (Å²) >= 11 is 0. The van der Waals surface area contributed by atoms with Crippen molar-refractivity contribution in [2.45, 2.75) is 12.3 Å². The zero-order chi connectivity index (χ0) is 35.6. The van der Waals surface area contributed by atoms with Gasteiger partial charge in [-0.25, -0.2) is 4.98 Å². The molecule has 0 saturated carbocycles. The molecule has 0 N–H and O–H groups in total. The molecule has 10 aromatic rings. The van der Waals surface area contributed by atoms with Gasteiger partial charge in [-0.05, 0) is 102 Å². The maximum atomic E-state index is 5.64. The van der Waals surface area contributed by atoms with Crippen LogP contribution in [0.3, 0.4) is 0 Å². The number of pyridine rings is 3. The molecular formula is C51H33N3. The third kappa shape index (κ3) is 4.86. The Hall–Kier alpha value is -6.97. The van der Waals surface area contributed by atoms with Gasteiger partial charge < -0.3 is 0 Å². The summed E-state index contributed by atoms with van der Waals surface area (Å²) in [6.07, 6.45) is 13.4. The molecule has 3 heterocycles. The molecule has 54 heavy (non-hydrogen) atoms. The van der Waals surface area contributed by atoms with Crippen molar-refractivity contribution in [2.24, 2.45) is 0 Å². The Balaban J connectivity index is 1.25. The fourth-order valence-corrected chi connectivity index (χ4v) is 8.87. The lowest BCUT2D eigenvalue weighted by atomic mass is 9.79. The Morgan fingerprint density at radius 1 is 0.481 bits per heavy atom. The Morgan fingerprint density at radius 2 is 1.11 bits per heavy atom. The largest absolute Gasteiger partial charge is 0.264 e. The smallest absolute Gasteiger partial charge is 0.0800 e. The molecule has 0 bridgehead atoms. The molecule has 0 spiro atoms. The van der Waals surface area contributed by atoms with E-state index in [0.29, 0.717) is 0 Å². The zero-order valence-electron chi connectivity index (χ0n) is 29.4. The summed E-state index contributed by atoms with van der Waals surface area (Å²) in [5.74, 6) is 0.167. The van der Waals surface area contributed by atoms with Gasteiger partial charge in [0.15, 0.2) is 0 Å². The van der Waals surface area contributed by atoms with Crippen molar-refractivity contribution >= 4 is 75.9 Å². The molecule has 0 aliphatic heterocycles. The summed E-state index contributed by atoms with van der Waals surface area (Å²) in [7, 11) is 0. The number of nitrogens with zero attached hydrogens (tertiary/aromatic N) is 3. The van der Waals surface area contributed by atoms with Crippen molar-refractivity contribution in [3.63, 3.8) is 0 Å². The second-order valence-corrected chi connectivity index (χ2v) is 14.4. The summed E-state index contributed by atoms with van der Waals surface area (Å²) in [6, 6.07) is 52.8. The highest BCUT2D eigenvalue weighted by molar-refractivity contribution is 6.28. The molecule has 3 aromatic heterocycles. The number of allylic oxidation sites excluding steroid dienone is 4. The fourth-order valence-electron chi connectivity index (χ4n) is 8.87. The molecule has 0 amide bonds. The fraction of sp³-hybridized carbons (Fsp3) is 0.0392. The van der Waals surface area contributed by atoms with E-state index in [-0.39, 0.29) is 5.92 Å². The van der Waals surface area contributed by atoms with Crippen molar-refractivity contribution in [2.75, 3.05) is 0 Å². The molecule has 0 saturated heterocycles. The van der Waals surface area contributed by atoms with Gasteiger partial charge in [-0.2, -0.15) is 0 Å². The third-order valence-corrected chi connectivity index (χ3v) is 11.3. The quantitative estimate of drug-likeness (QED) is 0.137. The van der Waals surface area contributed by atoms with Crippen molar-refractivity contribution in [1.82, 2.24) is 15.0 Å². The first-order valence-electron chi connectivity index (χ1n) is 18.6. The predicted molar refractivity (Wildman–Crippen MR) is 226 cm³/mol. The van der Waals surface area contributed by atoms with Gasteiger partial charge in [0.1, 0.15) is 0 Å². The van der Waals surface area contributed by atoms with E-state index in [9.17, 15) is 0 Å². The van der Waals surface area contributed by atoms with Gasteiger partial charge in [0.2, 0.25) is 0 Å². The minimum Gasteiger partial charge on any atom is -0.264 e. The lowest BCUT2D eigenvalue weighted by molar-refractivity contribution is 0.862. The Kier molecular flexibility index (Phi) is 6.99. The number of aromatic nitrogens is 3. The van der Waals surface area contributed by atoms with Gasteiger partial charge in [-0.3, -0.25) is 9.97 Å². The third-order valence-electron chi connectivity index (χ3n) is 11.3. The molecule has 1 aliphatic carbocycles. The summed E-state index contributed by atoms with van der Waals surface area (Å²) < 4.78 is 0. The molecule has 3 heteroatoms. The molecule has 3 nitrogen and oxygen atoms in total. The molecule has 7 aromatic carbocycles. The van der Waals surface area contributed by atoms with Gasteiger partial charge in [-0.15, -0.1) is 0 Å². The predicted octanol–water partition coefficient (Wildman–Crippen LogP) is 13.1. The van der Waals surface area contributed by atoms with Crippen LogP contribution >= 0.6 is 0 Å². The molecule has 1 unspecified atom stereocenters. The maximum Gasteiger partial charge on any atom is 0.0800 e. The van der Waals surface area contributed by atoms with Gasteiger partial charge >= 0.3 is 0 Å². The van der Waals surface area contributed by atoms with E-state index in [1.54, 1.807) is 0 Å². The standard InChI is InChI=1S/C51H33N3/c1-2-13-34-29-47-46(28-33(34)12-1)49-40-16-4-3-11-32(40)21-22-45(49)51(54-47)50-43-19-7-5-17-41(43)48(42-18-6-8-20-44(42)50)39-26-37(35-14-9-23-52-30-35)25-38(27-39)36-15-10-24-53-31-36/h1-24,26-31,37H,25H2. The van der Waals surface area contributed by atoms with E-state index < -0.39 is 0 Å². The summed E-state index contributed by atoms with van der Waals surface area (Å²) in [6.45, 7) is 0. The van der Waals surface area contributed by atoms with Crippen LogP contribution in [0.4, 0.5) is 0 Å². The van der Waals surface area contributed by atoms with E-state index >= 15 is 0 Å². The van der Waals surface area contributed by atoms with Gasteiger partial charge in [0, 0.05) is 52.4 Å². The second-order valence-electron chi connectivity index (χ2n) is 14.4. The zero-order valence-corrected chi connectivity index (χ0v) is 29.4. The highest BCUT2D eigenvalue weighted by atomic mass is 14.7. The molecule has 0 fully saturated rings. The lowest BCUT2D eigenvalue weighted by Crippen LogP contribution is -2.05. The van der Waals surface area contributed by atoms with Crippen LogP contribution < -0.4 is 0 Å². The topological polar surface area (TPSA) is 38.7 Å². The Labute approximate surface area is 312 Å². The average Bonchev–Trinajstić information content (AvgIpc) is 3.25. The number of hydrogen-bond donors (Lipinski definition) is 0.